The Kier molecular flexibility index (Phi) is 3.87. The second-order valence-corrected chi connectivity index (χ2v) is 9.49. The van der Waals surface area contributed by atoms with Gasteiger partial charge in [0.15, 0.2) is 0 Å². The van der Waals surface area contributed by atoms with E-state index in [1.807, 2.05) is 0 Å². The maximum absolute atomic E-state index is 10.2. The number of fused-ring (bicyclic) bond motifs is 5. The Hall–Kier alpha value is -0.830. The molecule has 3 nitrogen and oxygen atoms in total. The topological polar surface area (TPSA) is 52.8 Å². The van der Waals surface area contributed by atoms with Gasteiger partial charge in [0.1, 0.15) is 0 Å². The first kappa shape index (κ1) is 16.6. The van der Waals surface area contributed by atoms with Crippen LogP contribution in [-0.4, -0.2) is 22.1 Å². The van der Waals surface area contributed by atoms with E-state index in [-0.39, 0.29) is 16.9 Å². The SMILES string of the molecule is C/C=C1\CC[C@H]2[C@@H]3CC[C@H]4C[C@H](O)CC[C@]4(C)[C@H]3/C(=N/O)C[C@]12C. The molecule has 4 aliphatic rings. The summed E-state index contributed by atoms with van der Waals surface area (Å²) in [7, 11) is 0. The molecule has 0 aliphatic heterocycles. The minimum atomic E-state index is -0.121. The summed E-state index contributed by atoms with van der Waals surface area (Å²) >= 11 is 0. The molecule has 0 bridgehead atoms. The van der Waals surface area contributed by atoms with Crippen LogP contribution in [0, 0.1) is 34.5 Å². The largest absolute Gasteiger partial charge is 0.411 e. The Balaban J connectivity index is 1.74. The average molecular weight is 332 g/mol. The molecule has 4 saturated carbocycles. The molecule has 0 heterocycles. The van der Waals surface area contributed by atoms with Crippen molar-refractivity contribution < 1.29 is 10.3 Å². The molecule has 0 aromatic heterocycles. The van der Waals surface area contributed by atoms with E-state index in [2.05, 4.69) is 32.0 Å². The van der Waals surface area contributed by atoms with Crippen molar-refractivity contribution in [1.29, 1.82) is 0 Å². The zero-order valence-electron chi connectivity index (χ0n) is 15.5. The van der Waals surface area contributed by atoms with Crippen LogP contribution in [0.5, 0.6) is 0 Å². The Morgan fingerprint density at radius 2 is 1.96 bits per heavy atom. The second kappa shape index (κ2) is 5.59. The standard InChI is InChI=1S/C21H33NO2/c1-4-13-6-8-17-16-7-5-14-11-15(23)9-10-20(14,2)19(16)18(22-24)12-21(13,17)3/h4,14-17,19,23-24H,5-12H2,1-3H3/b13-4+,22-18+/t14-,15+,16-,17-,19+,20-,21+/m0/s1. The van der Waals surface area contributed by atoms with Gasteiger partial charge in [-0.25, -0.2) is 0 Å². The van der Waals surface area contributed by atoms with Gasteiger partial charge in [-0.1, -0.05) is 30.7 Å². The summed E-state index contributed by atoms with van der Waals surface area (Å²) in [6.45, 7) is 7.02. The lowest BCUT2D eigenvalue weighted by Crippen LogP contribution is -2.57. The van der Waals surface area contributed by atoms with Crippen molar-refractivity contribution >= 4 is 5.71 Å². The van der Waals surface area contributed by atoms with Crippen molar-refractivity contribution in [3.8, 4) is 0 Å². The van der Waals surface area contributed by atoms with Gasteiger partial charge in [0.05, 0.1) is 11.8 Å². The quantitative estimate of drug-likeness (QED) is 0.381. The highest BCUT2D eigenvalue weighted by molar-refractivity contribution is 5.89. The van der Waals surface area contributed by atoms with Crippen LogP contribution in [0.2, 0.25) is 0 Å². The zero-order valence-corrected chi connectivity index (χ0v) is 15.5. The lowest BCUT2D eigenvalue weighted by Gasteiger charge is -2.60. The first-order valence-electron chi connectivity index (χ1n) is 9.98. The fourth-order valence-electron chi connectivity index (χ4n) is 7.51. The number of allylic oxidation sites excluding steroid dienone is 2. The highest BCUT2D eigenvalue weighted by Gasteiger charge is 2.61. The van der Waals surface area contributed by atoms with Crippen molar-refractivity contribution in [2.75, 3.05) is 0 Å². The monoisotopic (exact) mass is 331 g/mol. The summed E-state index contributed by atoms with van der Waals surface area (Å²) in [6.07, 6.45) is 11.1. The molecule has 24 heavy (non-hydrogen) atoms. The van der Waals surface area contributed by atoms with Crippen LogP contribution < -0.4 is 0 Å². The first-order valence-corrected chi connectivity index (χ1v) is 9.98. The number of oxime groups is 1. The van der Waals surface area contributed by atoms with Crippen molar-refractivity contribution in [2.45, 2.75) is 78.2 Å². The molecule has 0 saturated heterocycles. The molecule has 134 valence electrons. The second-order valence-electron chi connectivity index (χ2n) is 9.49. The molecule has 0 unspecified atom stereocenters. The van der Waals surface area contributed by atoms with Gasteiger partial charge in [-0.15, -0.1) is 0 Å². The summed E-state index contributed by atoms with van der Waals surface area (Å²) in [5, 5.41) is 23.9. The Bertz CT molecular complexity index is 582. The highest BCUT2D eigenvalue weighted by Crippen LogP contribution is 2.66. The van der Waals surface area contributed by atoms with Gasteiger partial charge in [-0.3, -0.25) is 0 Å². The van der Waals surface area contributed by atoms with Crippen LogP contribution in [0.3, 0.4) is 0 Å². The van der Waals surface area contributed by atoms with Crippen molar-refractivity contribution in [1.82, 2.24) is 0 Å². The molecule has 3 heteroatoms. The fourth-order valence-corrected chi connectivity index (χ4v) is 7.51. The fraction of sp³-hybridized carbons (Fsp3) is 0.857. The predicted octanol–water partition coefficient (Wildman–Crippen LogP) is 4.78. The van der Waals surface area contributed by atoms with Gasteiger partial charge < -0.3 is 10.3 Å². The number of aliphatic hydroxyl groups is 1. The number of rotatable bonds is 0. The van der Waals surface area contributed by atoms with Gasteiger partial charge in [-0.2, -0.15) is 0 Å². The van der Waals surface area contributed by atoms with Gasteiger partial charge in [0.25, 0.3) is 0 Å². The van der Waals surface area contributed by atoms with E-state index in [0.29, 0.717) is 17.8 Å². The van der Waals surface area contributed by atoms with Crippen LogP contribution >= 0.6 is 0 Å². The number of nitrogens with zero attached hydrogens (tertiary/aromatic N) is 1. The van der Waals surface area contributed by atoms with Gasteiger partial charge in [-0.05, 0) is 86.9 Å². The van der Waals surface area contributed by atoms with Crippen LogP contribution in [0.15, 0.2) is 16.8 Å². The molecule has 0 radical (unpaired) electrons. The smallest absolute Gasteiger partial charge is 0.0618 e. The van der Waals surface area contributed by atoms with Gasteiger partial charge in [0, 0.05) is 5.92 Å². The first-order chi connectivity index (χ1) is 11.4. The summed E-state index contributed by atoms with van der Waals surface area (Å²) in [6, 6.07) is 0. The highest BCUT2D eigenvalue weighted by atomic mass is 16.4. The molecule has 0 spiro atoms. The maximum Gasteiger partial charge on any atom is 0.0618 e. The van der Waals surface area contributed by atoms with Crippen LogP contribution in [0.1, 0.15) is 72.1 Å². The average Bonchev–Trinajstić information content (AvgIpc) is 2.90. The van der Waals surface area contributed by atoms with Crippen molar-refractivity contribution in [2.24, 2.45) is 39.7 Å². The summed E-state index contributed by atoms with van der Waals surface area (Å²) < 4.78 is 0. The number of aliphatic hydroxyl groups excluding tert-OH is 1. The summed E-state index contributed by atoms with van der Waals surface area (Å²) in [4.78, 5) is 0. The Morgan fingerprint density at radius 3 is 2.67 bits per heavy atom. The molecule has 4 rings (SSSR count). The van der Waals surface area contributed by atoms with Crippen molar-refractivity contribution in [3.63, 3.8) is 0 Å². The lowest BCUT2D eigenvalue weighted by molar-refractivity contribution is -0.0768. The third kappa shape index (κ3) is 2.09. The Labute approximate surface area is 146 Å². The molecular formula is C21H33NO2. The third-order valence-corrected chi connectivity index (χ3v) is 8.67. The molecule has 0 aromatic rings. The van der Waals surface area contributed by atoms with Gasteiger partial charge >= 0.3 is 0 Å². The number of hydrogen-bond acceptors (Lipinski definition) is 3. The molecule has 4 fully saturated rings. The normalized spacial score (nSPS) is 54.4. The maximum atomic E-state index is 10.2. The van der Waals surface area contributed by atoms with Crippen molar-refractivity contribution in [3.05, 3.63) is 11.6 Å². The molecule has 0 aromatic carbocycles. The summed E-state index contributed by atoms with van der Waals surface area (Å²) in [5.74, 6) is 2.40. The molecular weight excluding hydrogens is 298 g/mol. The van der Waals surface area contributed by atoms with E-state index >= 15 is 0 Å². The summed E-state index contributed by atoms with van der Waals surface area (Å²) in [5.41, 5.74) is 3.06. The van der Waals surface area contributed by atoms with E-state index in [1.54, 1.807) is 5.57 Å². The van der Waals surface area contributed by atoms with E-state index in [0.717, 1.165) is 37.3 Å². The van der Waals surface area contributed by atoms with Crippen LogP contribution in [0.25, 0.3) is 0 Å². The van der Waals surface area contributed by atoms with E-state index < -0.39 is 0 Å². The van der Waals surface area contributed by atoms with E-state index in [4.69, 9.17) is 0 Å². The van der Waals surface area contributed by atoms with Crippen LogP contribution in [0.4, 0.5) is 0 Å². The third-order valence-electron chi connectivity index (χ3n) is 8.67. The molecule has 2 N–H and O–H groups in total. The minimum absolute atomic E-state index is 0.121. The molecule has 0 amide bonds. The predicted molar refractivity (Wildman–Crippen MR) is 96.1 cm³/mol. The lowest BCUT2D eigenvalue weighted by atomic mass is 9.44. The molecule has 4 aliphatic carbocycles. The Morgan fingerprint density at radius 1 is 1.17 bits per heavy atom. The zero-order chi connectivity index (χ0) is 17.1. The number of hydrogen-bond donors (Lipinski definition) is 2. The molecule has 7 atom stereocenters. The van der Waals surface area contributed by atoms with Crippen LogP contribution in [-0.2, 0) is 0 Å². The van der Waals surface area contributed by atoms with E-state index in [9.17, 15) is 10.3 Å². The minimum Gasteiger partial charge on any atom is -0.411 e. The van der Waals surface area contributed by atoms with Gasteiger partial charge in [0.2, 0.25) is 0 Å². The van der Waals surface area contributed by atoms with E-state index in [1.165, 1.54) is 25.7 Å².